The highest BCUT2D eigenvalue weighted by Crippen LogP contribution is 2.30. The molecule has 2 heterocycles. The van der Waals surface area contributed by atoms with Crippen molar-refractivity contribution in [3.05, 3.63) is 71.8 Å². The summed E-state index contributed by atoms with van der Waals surface area (Å²) in [6.45, 7) is 0.425. The SMILES string of the molecule is CO[C@H]1O[C@@H]2CN=C(c3ccccc3)O[C@@H]2[C@@H](OC)[C@H]1NC(=O)c1ccccc1. The van der Waals surface area contributed by atoms with Crippen molar-refractivity contribution >= 4 is 11.8 Å². The van der Waals surface area contributed by atoms with Gasteiger partial charge in [-0.15, -0.1) is 0 Å². The summed E-state index contributed by atoms with van der Waals surface area (Å²) in [5.41, 5.74) is 1.44. The first-order valence-electron chi connectivity index (χ1n) is 9.54. The van der Waals surface area contributed by atoms with Gasteiger partial charge in [0.15, 0.2) is 12.4 Å². The van der Waals surface area contributed by atoms with Crippen molar-refractivity contribution in [1.29, 1.82) is 0 Å². The molecule has 4 rings (SSSR count). The summed E-state index contributed by atoms with van der Waals surface area (Å²) in [6.07, 6.45) is -1.91. The van der Waals surface area contributed by atoms with Gasteiger partial charge in [-0.2, -0.15) is 0 Å². The molecular formula is C22H24N2O5. The highest BCUT2D eigenvalue weighted by Gasteiger charge is 2.50. The van der Waals surface area contributed by atoms with Gasteiger partial charge in [0, 0.05) is 25.3 Å². The van der Waals surface area contributed by atoms with Crippen molar-refractivity contribution in [3.8, 4) is 0 Å². The number of aliphatic imine (C=N–C) groups is 1. The number of carbonyl (C=O) groups is 1. The quantitative estimate of drug-likeness (QED) is 0.837. The summed E-state index contributed by atoms with van der Waals surface area (Å²) < 4.78 is 23.5. The summed E-state index contributed by atoms with van der Waals surface area (Å²) in [4.78, 5) is 17.3. The van der Waals surface area contributed by atoms with Crippen molar-refractivity contribution in [1.82, 2.24) is 5.32 Å². The number of hydrogen-bond acceptors (Lipinski definition) is 6. The van der Waals surface area contributed by atoms with Gasteiger partial charge in [-0.05, 0) is 24.3 Å². The van der Waals surface area contributed by atoms with Crippen molar-refractivity contribution < 1.29 is 23.7 Å². The van der Waals surface area contributed by atoms with Gasteiger partial charge < -0.3 is 24.3 Å². The Hall–Kier alpha value is -2.74. The lowest BCUT2D eigenvalue weighted by molar-refractivity contribution is -0.256. The van der Waals surface area contributed by atoms with Crippen LogP contribution in [0.4, 0.5) is 0 Å². The number of rotatable bonds is 5. The summed E-state index contributed by atoms with van der Waals surface area (Å²) >= 11 is 0. The Morgan fingerprint density at radius 2 is 1.72 bits per heavy atom. The zero-order valence-corrected chi connectivity index (χ0v) is 16.4. The van der Waals surface area contributed by atoms with Crippen molar-refractivity contribution in [2.45, 2.75) is 30.6 Å². The highest BCUT2D eigenvalue weighted by atomic mass is 16.7. The maximum Gasteiger partial charge on any atom is 0.251 e. The maximum atomic E-state index is 12.7. The number of ether oxygens (including phenoxy) is 4. The molecule has 0 spiro atoms. The molecule has 29 heavy (non-hydrogen) atoms. The van der Waals surface area contributed by atoms with E-state index in [1.165, 1.54) is 0 Å². The molecule has 1 saturated heterocycles. The van der Waals surface area contributed by atoms with E-state index in [9.17, 15) is 4.79 Å². The Morgan fingerprint density at radius 3 is 2.38 bits per heavy atom. The first-order chi connectivity index (χ1) is 14.2. The number of amides is 1. The molecule has 7 nitrogen and oxygen atoms in total. The molecule has 152 valence electrons. The van der Waals surface area contributed by atoms with Gasteiger partial charge in [0.1, 0.15) is 18.2 Å². The van der Waals surface area contributed by atoms with Gasteiger partial charge in [-0.3, -0.25) is 4.79 Å². The molecule has 0 unspecified atom stereocenters. The average molecular weight is 396 g/mol. The van der Waals surface area contributed by atoms with E-state index in [2.05, 4.69) is 10.3 Å². The number of nitrogens with zero attached hydrogens (tertiary/aromatic N) is 1. The Balaban J connectivity index is 1.57. The van der Waals surface area contributed by atoms with Crippen molar-refractivity contribution in [2.24, 2.45) is 4.99 Å². The first kappa shape index (κ1) is 19.6. The predicted octanol–water partition coefficient (Wildman–Crippen LogP) is 2.02. The summed E-state index contributed by atoms with van der Waals surface area (Å²) in [5, 5.41) is 2.99. The lowest BCUT2D eigenvalue weighted by atomic mass is 9.94. The largest absolute Gasteiger partial charge is 0.468 e. The lowest BCUT2D eigenvalue weighted by Crippen LogP contribution is -2.66. The van der Waals surface area contributed by atoms with Crippen LogP contribution in [0.1, 0.15) is 15.9 Å². The van der Waals surface area contributed by atoms with Crippen LogP contribution >= 0.6 is 0 Å². The summed E-state index contributed by atoms with van der Waals surface area (Å²) in [6, 6.07) is 18.1. The molecule has 5 atom stereocenters. The molecule has 2 aromatic rings. The smallest absolute Gasteiger partial charge is 0.251 e. The van der Waals surface area contributed by atoms with E-state index in [4.69, 9.17) is 18.9 Å². The summed E-state index contributed by atoms with van der Waals surface area (Å²) in [7, 11) is 3.14. The number of carbonyl (C=O) groups excluding carboxylic acids is 1. The fourth-order valence-electron chi connectivity index (χ4n) is 3.73. The molecule has 1 fully saturated rings. The van der Waals surface area contributed by atoms with E-state index in [0.717, 1.165) is 5.56 Å². The van der Waals surface area contributed by atoms with Gasteiger partial charge in [0.05, 0.1) is 6.54 Å². The zero-order chi connectivity index (χ0) is 20.2. The van der Waals surface area contributed by atoms with Crippen LogP contribution in [0, 0.1) is 0 Å². The summed E-state index contributed by atoms with van der Waals surface area (Å²) in [5.74, 6) is 0.316. The normalized spacial score (nSPS) is 28.6. The van der Waals surface area contributed by atoms with E-state index < -0.39 is 24.5 Å². The number of hydrogen-bond donors (Lipinski definition) is 1. The van der Waals surface area contributed by atoms with Crippen LogP contribution in [0.5, 0.6) is 0 Å². The number of nitrogens with one attached hydrogen (secondary N) is 1. The van der Waals surface area contributed by atoms with Crippen LogP contribution in [0.3, 0.4) is 0 Å². The monoisotopic (exact) mass is 396 g/mol. The second-order valence-electron chi connectivity index (χ2n) is 6.94. The Labute approximate surface area is 169 Å². The van der Waals surface area contributed by atoms with Gasteiger partial charge in [0.25, 0.3) is 5.91 Å². The molecule has 2 aliphatic rings. The molecule has 2 aromatic carbocycles. The molecule has 0 bridgehead atoms. The third kappa shape index (κ3) is 4.03. The highest BCUT2D eigenvalue weighted by molar-refractivity contribution is 5.95. The molecule has 0 aliphatic carbocycles. The topological polar surface area (TPSA) is 78.4 Å². The second-order valence-corrected chi connectivity index (χ2v) is 6.94. The number of methoxy groups -OCH3 is 2. The number of benzene rings is 2. The standard InChI is InChI=1S/C22H24N2O5/c1-26-19-17(24-20(25)14-9-5-3-6-10-14)22(27-2)28-16-13-23-21(29-18(16)19)15-11-7-4-8-12-15/h3-12,16-19,22H,13H2,1-2H3,(H,24,25)/t16-,17-,18+,19+,22+/m1/s1. The molecule has 2 aliphatic heterocycles. The van der Waals surface area contributed by atoms with E-state index in [1.807, 2.05) is 48.5 Å². The van der Waals surface area contributed by atoms with E-state index in [1.54, 1.807) is 26.4 Å². The minimum Gasteiger partial charge on any atom is -0.468 e. The third-order valence-corrected chi connectivity index (χ3v) is 5.17. The first-order valence-corrected chi connectivity index (χ1v) is 9.54. The van der Waals surface area contributed by atoms with Crippen LogP contribution in [-0.4, -0.2) is 63.2 Å². The molecule has 1 amide bonds. The average Bonchev–Trinajstić information content (AvgIpc) is 2.79. The van der Waals surface area contributed by atoms with Gasteiger partial charge in [-0.1, -0.05) is 36.4 Å². The predicted molar refractivity (Wildman–Crippen MR) is 107 cm³/mol. The van der Waals surface area contributed by atoms with Gasteiger partial charge in [-0.25, -0.2) is 4.99 Å². The lowest BCUT2D eigenvalue weighted by Gasteiger charge is -2.46. The van der Waals surface area contributed by atoms with Crippen LogP contribution in [0.2, 0.25) is 0 Å². The molecule has 7 heteroatoms. The number of fused-ring (bicyclic) bond motifs is 1. The second kappa shape index (κ2) is 8.73. The van der Waals surface area contributed by atoms with Crippen LogP contribution in [-0.2, 0) is 18.9 Å². The molecule has 0 radical (unpaired) electrons. The minimum absolute atomic E-state index is 0.227. The van der Waals surface area contributed by atoms with Crippen molar-refractivity contribution in [2.75, 3.05) is 20.8 Å². The fourth-order valence-corrected chi connectivity index (χ4v) is 3.73. The van der Waals surface area contributed by atoms with Crippen LogP contribution < -0.4 is 5.32 Å². The van der Waals surface area contributed by atoms with E-state index in [-0.39, 0.29) is 12.0 Å². The molecule has 0 aromatic heterocycles. The minimum atomic E-state index is -0.675. The van der Waals surface area contributed by atoms with Crippen LogP contribution in [0.15, 0.2) is 65.7 Å². The Kier molecular flexibility index (Phi) is 5.89. The van der Waals surface area contributed by atoms with Gasteiger partial charge in [0.2, 0.25) is 5.90 Å². The Morgan fingerprint density at radius 1 is 1.03 bits per heavy atom. The third-order valence-electron chi connectivity index (χ3n) is 5.17. The van der Waals surface area contributed by atoms with Crippen molar-refractivity contribution in [3.63, 3.8) is 0 Å². The molecule has 0 saturated carbocycles. The Bertz CT molecular complexity index is 858. The molecule has 1 N–H and O–H groups in total. The van der Waals surface area contributed by atoms with E-state index >= 15 is 0 Å². The fraction of sp³-hybridized carbons (Fsp3) is 0.364. The maximum absolute atomic E-state index is 12.7. The van der Waals surface area contributed by atoms with Crippen LogP contribution in [0.25, 0.3) is 0 Å². The zero-order valence-electron chi connectivity index (χ0n) is 16.4. The van der Waals surface area contributed by atoms with Gasteiger partial charge >= 0.3 is 0 Å². The van der Waals surface area contributed by atoms with E-state index in [0.29, 0.717) is 18.0 Å². The molecular weight excluding hydrogens is 372 g/mol.